The van der Waals surface area contributed by atoms with Crippen LogP contribution in [-0.4, -0.2) is 17.5 Å². The number of fused-ring (bicyclic) bond motifs is 1. The topological polar surface area (TPSA) is 68.9 Å². The minimum Gasteiger partial charge on any atom is -0.453 e. The van der Waals surface area contributed by atoms with Crippen LogP contribution >= 0.6 is 11.8 Å². The molecule has 5 nitrogen and oxygen atoms in total. The molecule has 1 heterocycles. The molecular formula is C31H23NO4S. The Balaban J connectivity index is 1.32. The second kappa shape index (κ2) is 10.7. The number of aryl methyl sites for hydroxylation is 1. The minimum atomic E-state index is -0.472. The third-order valence-corrected chi connectivity index (χ3v) is 6.81. The molecule has 1 aromatic heterocycles. The number of carbonyl (C=O) groups is 2. The predicted molar refractivity (Wildman–Crippen MR) is 145 cm³/mol. The van der Waals surface area contributed by atoms with Crippen LogP contribution in [-0.2, 0) is 9.63 Å². The van der Waals surface area contributed by atoms with Crippen LogP contribution in [0.1, 0.15) is 39.7 Å². The predicted octanol–water partition coefficient (Wildman–Crippen LogP) is 7.44. The number of rotatable bonds is 7. The van der Waals surface area contributed by atoms with Crippen LogP contribution in [0.2, 0.25) is 0 Å². The van der Waals surface area contributed by atoms with E-state index in [0.717, 1.165) is 31.9 Å². The van der Waals surface area contributed by atoms with Crippen LogP contribution in [0.4, 0.5) is 0 Å². The number of ketones is 1. The van der Waals surface area contributed by atoms with Gasteiger partial charge in [-0.2, -0.15) is 0 Å². The van der Waals surface area contributed by atoms with Gasteiger partial charge in [-0.25, -0.2) is 4.79 Å². The second-order valence-electron chi connectivity index (χ2n) is 8.47. The fourth-order valence-electron chi connectivity index (χ4n) is 3.93. The zero-order chi connectivity index (χ0) is 25.8. The average molecular weight is 506 g/mol. The Bertz CT molecular complexity index is 1580. The van der Waals surface area contributed by atoms with Crippen LogP contribution in [0, 0.1) is 6.92 Å². The molecule has 0 unspecified atom stereocenters. The normalized spacial score (nSPS) is 11.5. The van der Waals surface area contributed by atoms with Crippen molar-refractivity contribution in [2.75, 3.05) is 0 Å². The van der Waals surface area contributed by atoms with E-state index in [1.165, 1.54) is 6.92 Å². The maximum Gasteiger partial charge on any atom is 0.332 e. The van der Waals surface area contributed by atoms with Crippen LogP contribution < -0.4 is 0 Å². The van der Waals surface area contributed by atoms with E-state index in [0.29, 0.717) is 22.6 Å². The maximum atomic E-state index is 12.9. The number of carbonyl (C=O) groups excluding carboxylic acids is 2. The van der Waals surface area contributed by atoms with Gasteiger partial charge in [0.05, 0.1) is 0 Å². The minimum absolute atomic E-state index is 0.145. The summed E-state index contributed by atoms with van der Waals surface area (Å²) in [4.78, 5) is 31.3. The van der Waals surface area contributed by atoms with Crippen molar-refractivity contribution >= 4 is 40.2 Å². The molecular weight excluding hydrogens is 482 g/mol. The summed E-state index contributed by atoms with van der Waals surface area (Å²) >= 11 is 1.59. The lowest BCUT2D eigenvalue weighted by molar-refractivity contribution is -0.140. The highest BCUT2D eigenvalue weighted by molar-refractivity contribution is 7.99. The molecule has 4 aromatic carbocycles. The van der Waals surface area contributed by atoms with Gasteiger partial charge in [0.2, 0.25) is 5.78 Å². The standard InChI is InChI=1S/C31H23NO4S/c1-20-7-3-5-9-27(20)30(32-36-21(2)33)22-11-15-25(16-12-22)37-26-17-13-23(14-18-26)31(34)29-19-24-8-4-6-10-28(24)35-29/h3-19H,1-2H3/b32-30-. The van der Waals surface area contributed by atoms with E-state index in [2.05, 4.69) is 5.16 Å². The van der Waals surface area contributed by atoms with Crippen molar-refractivity contribution in [3.8, 4) is 0 Å². The van der Waals surface area contributed by atoms with Gasteiger partial charge in [-0.05, 0) is 61.0 Å². The first kappa shape index (κ1) is 24.3. The van der Waals surface area contributed by atoms with Gasteiger partial charge in [-0.1, -0.05) is 71.5 Å². The van der Waals surface area contributed by atoms with E-state index in [1.807, 2.05) is 104 Å². The Kier molecular flexibility index (Phi) is 7.01. The molecule has 0 aliphatic heterocycles. The smallest absolute Gasteiger partial charge is 0.332 e. The highest BCUT2D eigenvalue weighted by atomic mass is 32.2. The van der Waals surface area contributed by atoms with Crippen LogP contribution in [0.15, 0.2) is 122 Å². The zero-order valence-corrected chi connectivity index (χ0v) is 21.1. The van der Waals surface area contributed by atoms with E-state index >= 15 is 0 Å². The van der Waals surface area contributed by atoms with Crippen LogP contribution in [0.25, 0.3) is 11.0 Å². The van der Waals surface area contributed by atoms with Gasteiger partial charge in [-0.15, -0.1) is 0 Å². The first-order valence-corrected chi connectivity index (χ1v) is 12.5. The van der Waals surface area contributed by atoms with Gasteiger partial charge in [0.15, 0.2) is 5.76 Å². The quantitative estimate of drug-likeness (QED) is 0.0995. The van der Waals surface area contributed by atoms with E-state index in [9.17, 15) is 9.59 Å². The third-order valence-electron chi connectivity index (χ3n) is 5.79. The summed E-state index contributed by atoms with van der Waals surface area (Å²) in [7, 11) is 0. The van der Waals surface area contributed by atoms with E-state index in [1.54, 1.807) is 17.8 Å². The van der Waals surface area contributed by atoms with Gasteiger partial charge in [-0.3, -0.25) is 4.79 Å². The SMILES string of the molecule is CC(=O)O/N=C(/c1ccc(Sc2ccc(C(=O)c3cc4ccccc4o3)cc2)cc1)c1ccccc1C. The summed E-state index contributed by atoms with van der Waals surface area (Å²) in [5.74, 6) is -0.287. The lowest BCUT2D eigenvalue weighted by atomic mass is 9.98. The number of hydrogen-bond donors (Lipinski definition) is 0. The fraction of sp³-hybridized carbons (Fsp3) is 0.0645. The number of para-hydroxylation sites is 1. The number of oxime groups is 1. The second-order valence-corrected chi connectivity index (χ2v) is 9.61. The molecule has 5 aromatic rings. The molecule has 0 saturated heterocycles. The molecule has 0 radical (unpaired) electrons. The number of furan rings is 1. The van der Waals surface area contributed by atoms with Crippen molar-refractivity contribution in [1.29, 1.82) is 0 Å². The summed E-state index contributed by atoms with van der Waals surface area (Å²) in [5.41, 5.74) is 4.64. The molecule has 0 aliphatic carbocycles. The van der Waals surface area contributed by atoms with Crippen molar-refractivity contribution < 1.29 is 18.8 Å². The van der Waals surface area contributed by atoms with Crippen molar-refractivity contribution in [1.82, 2.24) is 0 Å². The highest BCUT2D eigenvalue weighted by Gasteiger charge is 2.15. The lowest BCUT2D eigenvalue weighted by Gasteiger charge is -2.10. The molecule has 37 heavy (non-hydrogen) atoms. The molecule has 0 atom stereocenters. The molecule has 6 heteroatoms. The van der Waals surface area contributed by atoms with Crippen molar-refractivity contribution in [2.45, 2.75) is 23.6 Å². The number of benzene rings is 4. The molecule has 0 fully saturated rings. The molecule has 0 spiro atoms. The monoisotopic (exact) mass is 505 g/mol. The molecule has 0 aliphatic rings. The molecule has 0 N–H and O–H groups in total. The Labute approximate surface area is 218 Å². The number of hydrogen-bond acceptors (Lipinski definition) is 6. The Morgan fingerprint density at radius 1 is 0.784 bits per heavy atom. The summed E-state index contributed by atoms with van der Waals surface area (Å²) in [6.07, 6.45) is 0. The van der Waals surface area contributed by atoms with E-state index in [4.69, 9.17) is 9.25 Å². The van der Waals surface area contributed by atoms with Crippen molar-refractivity contribution in [3.05, 3.63) is 131 Å². The molecule has 0 saturated carbocycles. The van der Waals surface area contributed by atoms with Crippen LogP contribution in [0.5, 0.6) is 0 Å². The van der Waals surface area contributed by atoms with Gasteiger partial charge < -0.3 is 9.25 Å². The molecule has 182 valence electrons. The molecule has 5 rings (SSSR count). The fourth-order valence-corrected chi connectivity index (χ4v) is 4.75. The summed E-state index contributed by atoms with van der Waals surface area (Å²) < 4.78 is 5.72. The zero-order valence-electron chi connectivity index (χ0n) is 20.3. The van der Waals surface area contributed by atoms with Gasteiger partial charge >= 0.3 is 5.97 Å². The average Bonchev–Trinajstić information content (AvgIpc) is 3.35. The van der Waals surface area contributed by atoms with E-state index in [-0.39, 0.29) is 5.78 Å². The lowest BCUT2D eigenvalue weighted by Crippen LogP contribution is -2.07. The van der Waals surface area contributed by atoms with Gasteiger partial charge in [0, 0.05) is 38.8 Å². The van der Waals surface area contributed by atoms with Crippen molar-refractivity contribution in [2.24, 2.45) is 5.16 Å². The Hall–Kier alpha value is -4.42. The first-order chi connectivity index (χ1) is 18.0. The number of nitrogens with zero attached hydrogens (tertiary/aromatic N) is 1. The summed E-state index contributed by atoms with van der Waals surface area (Å²) in [6.45, 7) is 3.32. The highest BCUT2D eigenvalue weighted by Crippen LogP contribution is 2.29. The summed E-state index contributed by atoms with van der Waals surface area (Å²) in [6, 6.07) is 32.6. The Morgan fingerprint density at radius 3 is 2.05 bits per heavy atom. The molecule has 0 amide bonds. The van der Waals surface area contributed by atoms with E-state index < -0.39 is 5.97 Å². The first-order valence-electron chi connectivity index (χ1n) is 11.7. The van der Waals surface area contributed by atoms with Crippen molar-refractivity contribution in [3.63, 3.8) is 0 Å². The van der Waals surface area contributed by atoms with Gasteiger partial charge in [0.1, 0.15) is 11.3 Å². The summed E-state index contributed by atoms with van der Waals surface area (Å²) in [5, 5.41) is 5.03. The van der Waals surface area contributed by atoms with Gasteiger partial charge in [0.25, 0.3) is 0 Å². The Morgan fingerprint density at radius 2 is 1.41 bits per heavy atom. The van der Waals surface area contributed by atoms with Crippen LogP contribution in [0.3, 0.4) is 0 Å². The largest absolute Gasteiger partial charge is 0.453 e. The maximum absolute atomic E-state index is 12.9. The third kappa shape index (κ3) is 5.55. The molecule has 0 bridgehead atoms.